The lowest BCUT2D eigenvalue weighted by molar-refractivity contribution is -0.137. The Balaban J connectivity index is 2.36. The van der Waals surface area contributed by atoms with Crippen LogP contribution in [0.1, 0.15) is 11.1 Å². The van der Waals surface area contributed by atoms with Gasteiger partial charge in [0.05, 0.1) is 16.3 Å². The quantitative estimate of drug-likeness (QED) is 0.632. The first-order valence-corrected chi connectivity index (χ1v) is 7.04. The summed E-state index contributed by atoms with van der Waals surface area (Å²) in [5.41, 5.74) is -1.40. The van der Waals surface area contributed by atoms with Gasteiger partial charge in [-0.05, 0) is 29.8 Å². The van der Waals surface area contributed by atoms with Gasteiger partial charge in [-0.15, -0.1) is 0 Å². The SMILES string of the molecule is N#CC(=Cc1ccccc1C(F)(F)F)C(=O)Nc1ccccc1Cl. The van der Waals surface area contributed by atoms with Gasteiger partial charge in [-0.25, -0.2) is 0 Å². The third-order valence-corrected chi connectivity index (χ3v) is 3.38. The van der Waals surface area contributed by atoms with Crippen molar-refractivity contribution in [1.29, 1.82) is 5.26 Å². The van der Waals surface area contributed by atoms with E-state index in [1.165, 1.54) is 30.3 Å². The molecule has 0 radical (unpaired) electrons. The molecule has 0 heterocycles. The minimum atomic E-state index is -4.59. The third-order valence-electron chi connectivity index (χ3n) is 3.05. The number of nitriles is 1. The van der Waals surface area contributed by atoms with Gasteiger partial charge in [-0.3, -0.25) is 4.79 Å². The normalized spacial score (nSPS) is 11.7. The highest BCUT2D eigenvalue weighted by Crippen LogP contribution is 2.33. The van der Waals surface area contributed by atoms with Gasteiger partial charge in [0.2, 0.25) is 0 Å². The van der Waals surface area contributed by atoms with Crippen molar-refractivity contribution in [3.63, 3.8) is 0 Å². The Kier molecular flexibility index (Phi) is 5.27. The maximum Gasteiger partial charge on any atom is 0.416 e. The Morgan fingerprint density at radius 2 is 1.75 bits per heavy atom. The van der Waals surface area contributed by atoms with E-state index in [0.29, 0.717) is 0 Å². The van der Waals surface area contributed by atoms with Crippen LogP contribution in [0.3, 0.4) is 0 Å². The maximum absolute atomic E-state index is 13.0. The lowest BCUT2D eigenvalue weighted by Gasteiger charge is -2.10. The molecule has 0 spiro atoms. The van der Waals surface area contributed by atoms with Gasteiger partial charge in [0.25, 0.3) is 5.91 Å². The van der Waals surface area contributed by atoms with Crippen LogP contribution in [0.2, 0.25) is 5.02 Å². The summed E-state index contributed by atoms with van der Waals surface area (Å²) in [7, 11) is 0. The third kappa shape index (κ3) is 4.15. The number of nitrogens with one attached hydrogen (secondary N) is 1. The lowest BCUT2D eigenvalue weighted by Crippen LogP contribution is -2.14. The van der Waals surface area contributed by atoms with Gasteiger partial charge in [-0.2, -0.15) is 18.4 Å². The van der Waals surface area contributed by atoms with Crippen LogP contribution in [0.4, 0.5) is 18.9 Å². The summed E-state index contributed by atoms with van der Waals surface area (Å²) in [4.78, 5) is 12.1. The summed E-state index contributed by atoms with van der Waals surface area (Å²) in [5, 5.41) is 11.8. The standard InChI is InChI=1S/C17H10ClF3N2O/c18-14-7-3-4-8-15(14)23-16(24)12(10-22)9-11-5-1-2-6-13(11)17(19,20)21/h1-9H,(H,23,24). The highest BCUT2D eigenvalue weighted by Gasteiger charge is 2.32. The molecule has 122 valence electrons. The molecule has 2 aromatic carbocycles. The van der Waals surface area contributed by atoms with Crippen molar-refractivity contribution in [3.8, 4) is 6.07 Å². The van der Waals surface area contributed by atoms with Crippen LogP contribution < -0.4 is 5.32 Å². The van der Waals surface area contributed by atoms with E-state index in [1.807, 2.05) is 0 Å². The van der Waals surface area contributed by atoms with Crippen LogP contribution in [-0.4, -0.2) is 5.91 Å². The monoisotopic (exact) mass is 350 g/mol. The van der Waals surface area contributed by atoms with Gasteiger partial charge in [0.1, 0.15) is 11.6 Å². The number of carbonyl (C=O) groups excluding carboxylic acids is 1. The largest absolute Gasteiger partial charge is 0.416 e. The summed E-state index contributed by atoms with van der Waals surface area (Å²) in [6.07, 6.45) is -3.69. The molecular weight excluding hydrogens is 341 g/mol. The minimum Gasteiger partial charge on any atom is -0.320 e. The lowest BCUT2D eigenvalue weighted by atomic mass is 10.0. The van der Waals surface area contributed by atoms with Crippen LogP contribution in [0.25, 0.3) is 6.08 Å². The van der Waals surface area contributed by atoms with Crippen molar-refractivity contribution in [3.05, 3.63) is 70.3 Å². The van der Waals surface area contributed by atoms with E-state index in [9.17, 15) is 18.0 Å². The van der Waals surface area contributed by atoms with Crippen LogP contribution in [0.15, 0.2) is 54.1 Å². The van der Waals surface area contributed by atoms with E-state index >= 15 is 0 Å². The molecule has 1 amide bonds. The van der Waals surface area contributed by atoms with Crippen molar-refractivity contribution < 1.29 is 18.0 Å². The molecule has 0 saturated carbocycles. The molecule has 0 unspecified atom stereocenters. The van der Waals surface area contributed by atoms with E-state index in [4.69, 9.17) is 16.9 Å². The van der Waals surface area contributed by atoms with Crippen molar-refractivity contribution in [2.45, 2.75) is 6.18 Å². The van der Waals surface area contributed by atoms with Crippen LogP contribution in [0, 0.1) is 11.3 Å². The Morgan fingerprint density at radius 3 is 2.38 bits per heavy atom. The van der Waals surface area contributed by atoms with E-state index < -0.39 is 23.2 Å². The maximum atomic E-state index is 13.0. The number of alkyl halides is 3. The number of anilines is 1. The molecule has 0 aliphatic heterocycles. The molecule has 0 fully saturated rings. The smallest absolute Gasteiger partial charge is 0.320 e. The number of hydrogen-bond acceptors (Lipinski definition) is 2. The van der Waals surface area contributed by atoms with Gasteiger partial charge in [0, 0.05) is 0 Å². The predicted octanol–water partition coefficient (Wildman–Crippen LogP) is 4.90. The van der Waals surface area contributed by atoms with Crippen molar-refractivity contribution >= 4 is 29.3 Å². The fraction of sp³-hybridized carbons (Fsp3) is 0.0588. The number of amides is 1. The minimum absolute atomic E-state index is 0.249. The summed E-state index contributed by atoms with van der Waals surface area (Å²) < 4.78 is 38.9. The Labute approximate surface area is 141 Å². The van der Waals surface area contributed by atoms with E-state index in [2.05, 4.69) is 5.32 Å². The average Bonchev–Trinajstić information content (AvgIpc) is 2.54. The van der Waals surface area contributed by atoms with Crippen molar-refractivity contribution in [2.24, 2.45) is 0 Å². The highest BCUT2D eigenvalue weighted by molar-refractivity contribution is 6.34. The van der Waals surface area contributed by atoms with Crippen LogP contribution in [-0.2, 0) is 11.0 Å². The Hall–Kier alpha value is -2.78. The fourth-order valence-corrected chi connectivity index (χ4v) is 2.12. The summed E-state index contributed by atoms with van der Waals surface area (Å²) >= 11 is 5.90. The zero-order valence-electron chi connectivity index (χ0n) is 12.1. The molecule has 7 heteroatoms. The molecular formula is C17H10ClF3N2O. The first kappa shape index (κ1) is 17.6. The number of halogens is 4. The summed E-state index contributed by atoms with van der Waals surface area (Å²) in [6, 6.07) is 12.6. The molecule has 0 aromatic heterocycles. The zero-order chi connectivity index (χ0) is 17.7. The zero-order valence-corrected chi connectivity index (χ0v) is 12.8. The second-order valence-corrected chi connectivity index (χ2v) is 5.10. The van der Waals surface area contributed by atoms with E-state index in [-0.39, 0.29) is 16.3 Å². The Bertz CT molecular complexity index is 838. The van der Waals surface area contributed by atoms with Crippen molar-refractivity contribution in [2.75, 3.05) is 5.32 Å². The molecule has 24 heavy (non-hydrogen) atoms. The topological polar surface area (TPSA) is 52.9 Å². The first-order chi connectivity index (χ1) is 11.3. The summed E-state index contributed by atoms with van der Waals surface area (Å²) in [5.74, 6) is -0.845. The van der Waals surface area contributed by atoms with Crippen molar-refractivity contribution in [1.82, 2.24) is 0 Å². The number of rotatable bonds is 3. The molecule has 0 atom stereocenters. The second kappa shape index (κ2) is 7.20. The number of nitrogens with zero attached hydrogens (tertiary/aromatic N) is 1. The molecule has 0 aliphatic carbocycles. The van der Waals surface area contributed by atoms with Crippen LogP contribution >= 0.6 is 11.6 Å². The molecule has 0 saturated heterocycles. The Morgan fingerprint density at radius 1 is 1.12 bits per heavy atom. The highest BCUT2D eigenvalue weighted by atomic mass is 35.5. The van der Waals surface area contributed by atoms with Gasteiger partial charge >= 0.3 is 6.18 Å². The van der Waals surface area contributed by atoms with Gasteiger partial charge < -0.3 is 5.32 Å². The number of hydrogen-bond donors (Lipinski definition) is 1. The predicted molar refractivity (Wildman–Crippen MR) is 85.1 cm³/mol. The summed E-state index contributed by atoms with van der Waals surface area (Å²) in [6.45, 7) is 0. The number of carbonyl (C=O) groups is 1. The molecule has 0 bridgehead atoms. The molecule has 2 aromatic rings. The molecule has 3 nitrogen and oxygen atoms in total. The average molecular weight is 351 g/mol. The van der Waals surface area contributed by atoms with Gasteiger partial charge in [0.15, 0.2) is 0 Å². The molecule has 0 aliphatic rings. The molecule has 1 N–H and O–H groups in total. The van der Waals surface area contributed by atoms with Crippen LogP contribution in [0.5, 0.6) is 0 Å². The first-order valence-electron chi connectivity index (χ1n) is 6.67. The fourth-order valence-electron chi connectivity index (χ4n) is 1.94. The second-order valence-electron chi connectivity index (χ2n) is 4.69. The van der Waals surface area contributed by atoms with E-state index in [1.54, 1.807) is 18.2 Å². The van der Waals surface area contributed by atoms with Gasteiger partial charge in [-0.1, -0.05) is 41.9 Å². The molecule has 2 rings (SSSR count). The van der Waals surface area contributed by atoms with E-state index in [0.717, 1.165) is 12.1 Å². The number of para-hydroxylation sites is 1. The number of benzene rings is 2.